The van der Waals surface area contributed by atoms with Crippen LogP contribution in [0.1, 0.15) is 52.2 Å². The number of benzene rings is 1. The van der Waals surface area contributed by atoms with Crippen molar-refractivity contribution in [2.75, 3.05) is 13.1 Å². The summed E-state index contributed by atoms with van der Waals surface area (Å²) >= 11 is 0. The van der Waals surface area contributed by atoms with Crippen LogP contribution in [0, 0.1) is 0 Å². The smallest absolute Gasteiger partial charge is 0.308 e. The molecular weight excluding hydrogens is 320 g/mol. The Kier molecular flexibility index (Phi) is 8.88. The predicted molar refractivity (Wildman–Crippen MR) is 100.0 cm³/mol. The number of hydrogen-bond acceptors (Lipinski definition) is 5. The molecule has 3 N–H and O–H groups in total. The third-order valence-corrected chi connectivity index (χ3v) is 3.57. The van der Waals surface area contributed by atoms with Crippen LogP contribution in [0.2, 0.25) is 0 Å². The van der Waals surface area contributed by atoms with E-state index in [1.165, 1.54) is 13.0 Å². The monoisotopic (exact) mass is 348 g/mol. The number of carbonyl (C=O) groups excluding carboxylic acids is 1. The van der Waals surface area contributed by atoms with Crippen molar-refractivity contribution in [2.24, 2.45) is 0 Å². The standard InChI is InChI=1S/C15H17NO4.C4H11N/c1-3-4-12(18)10-5-7-13(20-9(2)17)15-11(10)6-8-14(19)16-15;1-3-5-4-2/h5-8,12,18H,3-4H2,1-2H3,(H,16,19);5H,3-4H2,1-2H3. The quantitative estimate of drug-likeness (QED) is 0.551. The molecule has 0 saturated carbocycles. The van der Waals surface area contributed by atoms with Crippen LogP contribution >= 0.6 is 0 Å². The van der Waals surface area contributed by atoms with Gasteiger partial charge in [0.25, 0.3) is 0 Å². The SMILES string of the molecule is CCCC(O)c1ccc(OC(C)=O)c2[nH]c(=O)ccc12.CCNCC. The summed E-state index contributed by atoms with van der Waals surface area (Å²) in [6.07, 6.45) is 0.860. The van der Waals surface area contributed by atoms with Gasteiger partial charge in [-0.3, -0.25) is 9.59 Å². The zero-order chi connectivity index (χ0) is 18.8. The molecule has 1 aromatic heterocycles. The van der Waals surface area contributed by atoms with Crippen molar-refractivity contribution in [3.63, 3.8) is 0 Å². The molecule has 0 fully saturated rings. The van der Waals surface area contributed by atoms with E-state index in [4.69, 9.17) is 4.74 Å². The van der Waals surface area contributed by atoms with Gasteiger partial charge in [-0.2, -0.15) is 0 Å². The van der Waals surface area contributed by atoms with Crippen LogP contribution in [0.25, 0.3) is 10.9 Å². The minimum Gasteiger partial charge on any atom is -0.424 e. The number of nitrogens with one attached hydrogen (secondary N) is 2. The number of aromatic amines is 1. The van der Waals surface area contributed by atoms with E-state index >= 15 is 0 Å². The molecule has 0 saturated heterocycles. The first-order valence-electron chi connectivity index (χ1n) is 8.67. The van der Waals surface area contributed by atoms with Gasteiger partial charge in [-0.1, -0.05) is 33.3 Å². The van der Waals surface area contributed by atoms with Crippen LogP contribution in [-0.4, -0.2) is 29.1 Å². The highest BCUT2D eigenvalue weighted by Crippen LogP contribution is 2.31. The molecule has 0 aliphatic heterocycles. The molecule has 1 heterocycles. The topological polar surface area (TPSA) is 91.4 Å². The fourth-order valence-electron chi connectivity index (χ4n) is 2.46. The normalized spacial score (nSPS) is 11.6. The fourth-order valence-corrected chi connectivity index (χ4v) is 2.46. The summed E-state index contributed by atoms with van der Waals surface area (Å²) < 4.78 is 5.09. The van der Waals surface area contributed by atoms with Gasteiger partial charge >= 0.3 is 5.97 Å². The predicted octanol–water partition coefficient (Wildman–Crippen LogP) is 2.90. The average molecular weight is 348 g/mol. The second-order valence-corrected chi connectivity index (χ2v) is 5.62. The van der Waals surface area contributed by atoms with Gasteiger partial charge in [-0.05, 0) is 37.2 Å². The Hall–Kier alpha value is -2.18. The number of fused-ring (bicyclic) bond motifs is 1. The summed E-state index contributed by atoms with van der Waals surface area (Å²) in [6.45, 7) is 9.67. The first kappa shape index (κ1) is 20.9. The molecule has 0 spiro atoms. The van der Waals surface area contributed by atoms with Crippen molar-refractivity contribution >= 4 is 16.9 Å². The number of carbonyl (C=O) groups is 1. The molecule has 2 rings (SSSR count). The molecule has 2 aromatic rings. The Morgan fingerprint density at radius 3 is 2.40 bits per heavy atom. The summed E-state index contributed by atoms with van der Waals surface area (Å²) in [4.78, 5) is 25.2. The molecule has 1 atom stereocenters. The molecule has 6 heteroatoms. The summed E-state index contributed by atoms with van der Waals surface area (Å²) in [5.41, 5.74) is 0.863. The van der Waals surface area contributed by atoms with E-state index in [1.54, 1.807) is 18.2 Å². The maximum absolute atomic E-state index is 11.5. The van der Waals surface area contributed by atoms with Crippen LogP contribution in [-0.2, 0) is 4.79 Å². The third-order valence-electron chi connectivity index (χ3n) is 3.57. The van der Waals surface area contributed by atoms with Crippen LogP contribution < -0.4 is 15.6 Å². The fraction of sp³-hybridized carbons (Fsp3) is 0.474. The highest BCUT2D eigenvalue weighted by molar-refractivity contribution is 5.89. The van der Waals surface area contributed by atoms with Gasteiger partial charge in [0.1, 0.15) is 0 Å². The lowest BCUT2D eigenvalue weighted by Gasteiger charge is -2.14. The Morgan fingerprint density at radius 2 is 1.88 bits per heavy atom. The summed E-state index contributed by atoms with van der Waals surface area (Å²) in [7, 11) is 0. The zero-order valence-corrected chi connectivity index (χ0v) is 15.4. The lowest BCUT2D eigenvalue weighted by molar-refractivity contribution is -0.131. The first-order valence-corrected chi connectivity index (χ1v) is 8.67. The van der Waals surface area contributed by atoms with E-state index in [0.29, 0.717) is 22.9 Å². The minimum absolute atomic E-state index is 0.284. The molecule has 0 amide bonds. The van der Waals surface area contributed by atoms with Crippen molar-refractivity contribution < 1.29 is 14.6 Å². The molecule has 0 aliphatic carbocycles. The molecule has 138 valence electrons. The Labute approximate surface area is 148 Å². The lowest BCUT2D eigenvalue weighted by Crippen LogP contribution is -2.09. The van der Waals surface area contributed by atoms with E-state index in [0.717, 1.165) is 19.5 Å². The number of aliphatic hydroxyl groups is 1. The largest absolute Gasteiger partial charge is 0.424 e. The van der Waals surface area contributed by atoms with Crippen LogP contribution in [0.3, 0.4) is 0 Å². The molecule has 25 heavy (non-hydrogen) atoms. The van der Waals surface area contributed by atoms with Crippen LogP contribution in [0.5, 0.6) is 5.75 Å². The van der Waals surface area contributed by atoms with E-state index in [-0.39, 0.29) is 11.3 Å². The molecule has 0 radical (unpaired) electrons. The van der Waals surface area contributed by atoms with Crippen molar-refractivity contribution in [1.29, 1.82) is 0 Å². The number of aromatic nitrogens is 1. The van der Waals surface area contributed by atoms with Crippen molar-refractivity contribution in [3.05, 3.63) is 40.2 Å². The summed E-state index contributed by atoms with van der Waals surface area (Å²) in [5, 5.41) is 14.0. The summed E-state index contributed by atoms with van der Waals surface area (Å²) in [5.74, 6) is -0.171. The Morgan fingerprint density at radius 1 is 1.20 bits per heavy atom. The number of rotatable bonds is 6. The van der Waals surface area contributed by atoms with E-state index in [1.807, 2.05) is 6.92 Å². The maximum Gasteiger partial charge on any atom is 0.308 e. The number of aliphatic hydroxyl groups excluding tert-OH is 1. The van der Waals surface area contributed by atoms with Gasteiger partial charge in [0, 0.05) is 18.4 Å². The van der Waals surface area contributed by atoms with Gasteiger partial charge < -0.3 is 20.1 Å². The molecular formula is C19H28N2O4. The van der Waals surface area contributed by atoms with Gasteiger partial charge in [-0.15, -0.1) is 0 Å². The number of H-pyrrole nitrogens is 1. The number of esters is 1. The Balaban J connectivity index is 0.000000550. The van der Waals surface area contributed by atoms with E-state index in [9.17, 15) is 14.7 Å². The highest BCUT2D eigenvalue weighted by Gasteiger charge is 2.14. The second-order valence-electron chi connectivity index (χ2n) is 5.62. The lowest BCUT2D eigenvalue weighted by atomic mass is 10.00. The molecule has 1 aromatic carbocycles. The maximum atomic E-state index is 11.5. The molecule has 1 unspecified atom stereocenters. The summed E-state index contributed by atoms with van der Waals surface area (Å²) in [6, 6.07) is 6.34. The van der Waals surface area contributed by atoms with E-state index < -0.39 is 12.1 Å². The van der Waals surface area contributed by atoms with Gasteiger partial charge in [0.2, 0.25) is 5.56 Å². The zero-order valence-electron chi connectivity index (χ0n) is 15.4. The molecule has 0 aliphatic rings. The number of pyridine rings is 1. The van der Waals surface area contributed by atoms with Crippen LogP contribution in [0.4, 0.5) is 0 Å². The average Bonchev–Trinajstić information content (AvgIpc) is 2.56. The highest BCUT2D eigenvalue weighted by atomic mass is 16.5. The van der Waals surface area contributed by atoms with Gasteiger partial charge in [-0.25, -0.2) is 0 Å². The molecule has 0 bridgehead atoms. The van der Waals surface area contributed by atoms with Crippen LogP contribution in [0.15, 0.2) is 29.1 Å². The second kappa shape index (κ2) is 10.6. The first-order chi connectivity index (χ1) is 11.9. The minimum atomic E-state index is -0.611. The van der Waals surface area contributed by atoms with Gasteiger partial charge in [0.05, 0.1) is 11.6 Å². The number of ether oxygens (including phenoxy) is 1. The number of hydrogen-bond donors (Lipinski definition) is 3. The Bertz CT molecular complexity index is 738. The molecule has 6 nitrogen and oxygen atoms in total. The van der Waals surface area contributed by atoms with Crippen molar-refractivity contribution in [2.45, 2.75) is 46.6 Å². The van der Waals surface area contributed by atoms with Gasteiger partial charge in [0.15, 0.2) is 5.75 Å². The van der Waals surface area contributed by atoms with Crippen molar-refractivity contribution in [1.82, 2.24) is 10.3 Å². The van der Waals surface area contributed by atoms with E-state index in [2.05, 4.69) is 24.1 Å². The third kappa shape index (κ3) is 6.32. The van der Waals surface area contributed by atoms with Crippen molar-refractivity contribution in [3.8, 4) is 5.75 Å².